The molecule has 7 heteroatoms. The third-order valence-corrected chi connectivity index (χ3v) is 2.17. The summed E-state index contributed by atoms with van der Waals surface area (Å²) in [6.07, 6.45) is 1.30. The van der Waals surface area contributed by atoms with E-state index in [-0.39, 0.29) is 24.8 Å². The molecule has 1 heterocycles. The van der Waals surface area contributed by atoms with Gasteiger partial charge in [0.1, 0.15) is 0 Å². The lowest BCUT2D eigenvalue weighted by Crippen LogP contribution is -2.35. The molecule has 0 unspecified atom stereocenters. The van der Waals surface area contributed by atoms with E-state index in [0.29, 0.717) is 18.7 Å². The highest BCUT2D eigenvalue weighted by Gasteiger charge is 2.13. The van der Waals surface area contributed by atoms with Crippen LogP contribution in [0.5, 0.6) is 0 Å². The molecule has 0 aliphatic rings. The molecule has 0 saturated heterocycles. The molecule has 0 bridgehead atoms. The number of carboxylic acids is 1. The van der Waals surface area contributed by atoms with Gasteiger partial charge in [-0.05, 0) is 6.07 Å². The monoisotopic (exact) mass is 256 g/mol. The maximum atomic E-state index is 11.3. The van der Waals surface area contributed by atoms with Crippen molar-refractivity contribution in [3.8, 4) is 0 Å². The Labute approximate surface area is 104 Å². The van der Waals surface area contributed by atoms with Crippen molar-refractivity contribution in [3.63, 3.8) is 0 Å². The molecule has 1 aromatic heterocycles. The average molecular weight is 256 g/mol. The van der Waals surface area contributed by atoms with Crippen LogP contribution in [0.4, 0.5) is 0 Å². The molecular formula is C11H16N2O5. The van der Waals surface area contributed by atoms with Crippen LogP contribution in [-0.4, -0.2) is 43.8 Å². The van der Waals surface area contributed by atoms with Crippen LogP contribution in [0.1, 0.15) is 16.1 Å². The third kappa shape index (κ3) is 4.56. The number of rotatable bonds is 8. The number of furan rings is 1. The van der Waals surface area contributed by atoms with Gasteiger partial charge in [-0.3, -0.25) is 4.79 Å². The first-order chi connectivity index (χ1) is 8.65. The van der Waals surface area contributed by atoms with E-state index < -0.39 is 5.97 Å². The van der Waals surface area contributed by atoms with Crippen molar-refractivity contribution in [1.82, 2.24) is 10.6 Å². The predicted molar refractivity (Wildman–Crippen MR) is 62.3 cm³/mol. The van der Waals surface area contributed by atoms with Gasteiger partial charge in [0, 0.05) is 25.8 Å². The number of carbonyl (C=O) groups excluding carboxylic acids is 1. The molecule has 1 aromatic rings. The molecule has 0 radical (unpaired) electrons. The lowest BCUT2D eigenvalue weighted by Gasteiger charge is -2.05. The van der Waals surface area contributed by atoms with E-state index in [0.717, 1.165) is 0 Å². The van der Waals surface area contributed by atoms with Crippen LogP contribution in [0.3, 0.4) is 0 Å². The molecule has 1 rings (SSSR count). The van der Waals surface area contributed by atoms with Gasteiger partial charge >= 0.3 is 5.97 Å². The Balaban J connectivity index is 2.27. The summed E-state index contributed by atoms with van der Waals surface area (Å²) in [4.78, 5) is 22.0. The van der Waals surface area contributed by atoms with Crippen molar-refractivity contribution in [2.75, 3.05) is 26.8 Å². The topological polar surface area (TPSA) is 101 Å². The maximum Gasteiger partial charge on any atom is 0.372 e. The van der Waals surface area contributed by atoms with Gasteiger partial charge in [-0.1, -0.05) is 0 Å². The molecule has 100 valence electrons. The highest BCUT2D eigenvalue weighted by atomic mass is 16.5. The van der Waals surface area contributed by atoms with E-state index >= 15 is 0 Å². The SMILES string of the molecule is COCCNC(=O)CNCc1ccoc1C(=O)O. The van der Waals surface area contributed by atoms with Gasteiger partial charge in [0.15, 0.2) is 0 Å². The van der Waals surface area contributed by atoms with Crippen molar-refractivity contribution < 1.29 is 23.8 Å². The second kappa shape index (κ2) is 7.46. The number of hydrogen-bond donors (Lipinski definition) is 3. The number of carboxylic acid groups (broad SMARTS) is 1. The first kappa shape index (κ1) is 14.2. The van der Waals surface area contributed by atoms with Crippen molar-refractivity contribution in [1.29, 1.82) is 0 Å². The minimum atomic E-state index is -1.12. The number of carbonyl (C=O) groups is 2. The summed E-state index contributed by atoms with van der Waals surface area (Å²) >= 11 is 0. The zero-order valence-electron chi connectivity index (χ0n) is 10.1. The van der Waals surface area contributed by atoms with Crippen LogP contribution in [-0.2, 0) is 16.1 Å². The first-order valence-electron chi connectivity index (χ1n) is 5.41. The molecule has 1 amide bonds. The van der Waals surface area contributed by atoms with E-state index in [2.05, 4.69) is 10.6 Å². The Bertz CT molecular complexity index is 402. The number of ether oxygens (including phenoxy) is 1. The summed E-state index contributed by atoms with van der Waals surface area (Å²) in [5.74, 6) is -1.41. The number of methoxy groups -OCH3 is 1. The molecule has 0 fully saturated rings. The largest absolute Gasteiger partial charge is 0.475 e. The highest BCUT2D eigenvalue weighted by molar-refractivity contribution is 5.86. The zero-order valence-corrected chi connectivity index (χ0v) is 10.1. The molecule has 0 spiro atoms. The van der Waals surface area contributed by atoms with Gasteiger partial charge in [-0.2, -0.15) is 0 Å². The zero-order chi connectivity index (χ0) is 13.4. The minimum absolute atomic E-state index is 0.105. The second-order valence-corrected chi connectivity index (χ2v) is 3.53. The van der Waals surface area contributed by atoms with Crippen molar-refractivity contribution in [3.05, 3.63) is 23.7 Å². The standard InChI is InChI=1S/C11H16N2O5/c1-17-5-3-13-9(14)7-12-6-8-2-4-18-10(8)11(15)16/h2,4,12H,3,5-7H2,1H3,(H,13,14)(H,15,16). The lowest BCUT2D eigenvalue weighted by atomic mass is 10.2. The van der Waals surface area contributed by atoms with Gasteiger partial charge in [0.05, 0.1) is 19.4 Å². The summed E-state index contributed by atoms with van der Waals surface area (Å²) in [5, 5.41) is 14.3. The van der Waals surface area contributed by atoms with Gasteiger partial charge in [-0.15, -0.1) is 0 Å². The number of amides is 1. The van der Waals surface area contributed by atoms with Gasteiger partial charge in [0.25, 0.3) is 0 Å². The Morgan fingerprint density at radius 2 is 2.28 bits per heavy atom. The summed E-state index contributed by atoms with van der Waals surface area (Å²) in [6.45, 7) is 1.27. The molecule has 0 aliphatic heterocycles. The van der Waals surface area contributed by atoms with E-state index in [1.54, 1.807) is 13.2 Å². The average Bonchev–Trinajstić information content (AvgIpc) is 2.78. The quantitative estimate of drug-likeness (QED) is 0.558. The Kier molecular flexibility index (Phi) is 5.89. The Hall–Kier alpha value is -1.86. The molecule has 18 heavy (non-hydrogen) atoms. The van der Waals surface area contributed by atoms with E-state index in [4.69, 9.17) is 14.3 Å². The van der Waals surface area contributed by atoms with Crippen LogP contribution in [0.2, 0.25) is 0 Å². The summed E-state index contributed by atoms with van der Waals surface area (Å²) in [5.41, 5.74) is 0.507. The maximum absolute atomic E-state index is 11.3. The second-order valence-electron chi connectivity index (χ2n) is 3.53. The molecule has 0 atom stereocenters. The van der Waals surface area contributed by atoms with Crippen molar-refractivity contribution in [2.45, 2.75) is 6.54 Å². The van der Waals surface area contributed by atoms with Crippen LogP contribution in [0.25, 0.3) is 0 Å². The fourth-order valence-electron chi connectivity index (χ4n) is 1.33. The normalized spacial score (nSPS) is 10.3. The fourth-order valence-corrected chi connectivity index (χ4v) is 1.33. The molecule has 0 aromatic carbocycles. The Morgan fingerprint density at radius 3 is 2.94 bits per heavy atom. The fraction of sp³-hybridized carbons (Fsp3) is 0.455. The van der Waals surface area contributed by atoms with Gasteiger partial charge in [0.2, 0.25) is 11.7 Å². The van der Waals surface area contributed by atoms with Crippen molar-refractivity contribution in [2.24, 2.45) is 0 Å². The lowest BCUT2D eigenvalue weighted by molar-refractivity contribution is -0.120. The summed E-state index contributed by atoms with van der Waals surface area (Å²) in [7, 11) is 1.55. The minimum Gasteiger partial charge on any atom is -0.475 e. The highest BCUT2D eigenvalue weighted by Crippen LogP contribution is 2.09. The van der Waals surface area contributed by atoms with E-state index in [1.165, 1.54) is 6.26 Å². The van der Waals surface area contributed by atoms with Crippen LogP contribution < -0.4 is 10.6 Å². The number of nitrogens with one attached hydrogen (secondary N) is 2. The molecular weight excluding hydrogens is 240 g/mol. The predicted octanol–water partition coefficient (Wildman–Crippen LogP) is -0.170. The van der Waals surface area contributed by atoms with E-state index in [1.807, 2.05) is 0 Å². The summed E-state index contributed by atoms with van der Waals surface area (Å²) in [6, 6.07) is 1.55. The molecule has 3 N–H and O–H groups in total. The van der Waals surface area contributed by atoms with Crippen molar-refractivity contribution >= 4 is 11.9 Å². The molecule has 0 saturated carbocycles. The molecule has 7 nitrogen and oxygen atoms in total. The van der Waals surface area contributed by atoms with Gasteiger partial charge < -0.3 is 24.9 Å². The van der Waals surface area contributed by atoms with E-state index in [9.17, 15) is 9.59 Å². The molecule has 0 aliphatic carbocycles. The van der Waals surface area contributed by atoms with Gasteiger partial charge in [-0.25, -0.2) is 4.79 Å². The Morgan fingerprint density at radius 1 is 1.50 bits per heavy atom. The third-order valence-electron chi connectivity index (χ3n) is 2.17. The smallest absolute Gasteiger partial charge is 0.372 e. The number of aromatic carboxylic acids is 1. The van der Waals surface area contributed by atoms with Crippen LogP contribution in [0, 0.1) is 0 Å². The van der Waals surface area contributed by atoms with Crippen LogP contribution in [0.15, 0.2) is 16.7 Å². The van der Waals surface area contributed by atoms with Crippen LogP contribution >= 0.6 is 0 Å². The summed E-state index contributed by atoms with van der Waals surface area (Å²) < 4.78 is 9.59. The first-order valence-corrected chi connectivity index (χ1v) is 5.41. The number of hydrogen-bond acceptors (Lipinski definition) is 5.